The normalized spacial score (nSPS) is 16.7. The highest BCUT2D eigenvalue weighted by Crippen LogP contribution is 2.35. The topological polar surface area (TPSA) is 103 Å². The molecule has 0 spiro atoms. The Hall–Kier alpha value is -4.29. The van der Waals surface area contributed by atoms with Crippen LogP contribution in [0.2, 0.25) is 0 Å². The number of carboxylic acid groups (broad SMARTS) is 1. The third-order valence-corrected chi connectivity index (χ3v) is 8.22. The van der Waals surface area contributed by atoms with Crippen LogP contribution in [-0.2, 0) is 11.3 Å². The van der Waals surface area contributed by atoms with Gasteiger partial charge in [-0.1, -0.05) is 42.1 Å². The lowest BCUT2D eigenvalue weighted by Gasteiger charge is -2.24. The fraction of sp³-hybridized carbons (Fsp3) is 0.281. The molecule has 0 bridgehead atoms. The number of halogens is 3. The first kappa shape index (κ1) is 31.1. The lowest BCUT2D eigenvalue weighted by molar-refractivity contribution is -0.274. The molecule has 3 aromatic carbocycles. The van der Waals surface area contributed by atoms with Gasteiger partial charge in [0.1, 0.15) is 10.8 Å². The number of carbonyl (C=O) groups excluding carboxylic acids is 1. The Bertz CT molecular complexity index is 1530. The molecule has 2 aliphatic rings. The van der Waals surface area contributed by atoms with Gasteiger partial charge < -0.3 is 15.2 Å². The zero-order chi connectivity index (χ0) is 31.1. The van der Waals surface area contributed by atoms with Gasteiger partial charge in [-0.3, -0.25) is 14.9 Å². The monoisotopic (exact) mass is 624 g/mol. The number of carbonyl (C=O) groups is 2. The van der Waals surface area contributed by atoms with Crippen molar-refractivity contribution in [3.05, 3.63) is 101 Å². The van der Waals surface area contributed by atoms with Gasteiger partial charge >= 0.3 is 12.3 Å². The lowest BCUT2D eigenvalue weighted by Crippen LogP contribution is -2.37. The van der Waals surface area contributed by atoms with Crippen molar-refractivity contribution in [1.82, 2.24) is 10.6 Å². The van der Waals surface area contributed by atoms with E-state index in [0.717, 1.165) is 24.1 Å². The average molecular weight is 625 g/mol. The molecule has 0 fully saturated rings. The Labute approximate surface area is 257 Å². The first-order chi connectivity index (χ1) is 21.1. The lowest BCUT2D eigenvalue weighted by atomic mass is 9.94. The quantitative estimate of drug-likeness (QED) is 0.217. The van der Waals surface area contributed by atoms with Crippen LogP contribution in [0, 0.1) is 0 Å². The highest BCUT2D eigenvalue weighted by molar-refractivity contribution is 8.15. The van der Waals surface area contributed by atoms with Gasteiger partial charge in [0.15, 0.2) is 5.50 Å². The number of hydrogen-bond donors (Lipinski definition) is 3. The number of anilines is 1. The molecule has 0 saturated heterocycles. The molecule has 1 atom stereocenters. The smallest absolute Gasteiger partial charge is 0.481 e. The van der Waals surface area contributed by atoms with Gasteiger partial charge in [0.2, 0.25) is 0 Å². The summed E-state index contributed by atoms with van der Waals surface area (Å²) in [5.74, 6) is -1.63. The zero-order valence-corrected chi connectivity index (χ0v) is 24.5. The number of aliphatic carboxylic acids is 1. The van der Waals surface area contributed by atoms with Crippen LogP contribution in [0.4, 0.5) is 18.9 Å². The predicted molar refractivity (Wildman–Crippen MR) is 164 cm³/mol. The van der Waals surface area contributed by atoms with Crippen molar-refractivity contribution < 1.29 is 32.6 Å². The van der Waals surface area contributed by atoms with Crippen LogP contribution in [0.5, 0.6) is 5.75 Å². The van der Waals surface area contributed by atoms with Gasteiger partial charge in [0.25, 0.3) is 5.91 Å². The van der Waals surface area contributed by atoms with E-state index in [-0.39, 0.29) is 30.1 Å². The first-order valence-electron chi connectivity index (χ1n) is 14.2. The summed E-state index contributed by atoms with van der Waals surface area (Å²) in [4.78, 5) is 23.0. The predicted octanol–water partition coefficient (Wildman–Crippen LogP) is 6.74. The molecule has 5 rings (SSSR count). The second-order valence-electron chi connectivity index (χ2n) is 10.3. The van der Waals surface area contributed by atoms with Gasteiger partial charge in [-0.2, -0.15) is 5.10 Å². The summed E-state index contributed by atoms with van der Waals surface area (Å²) in [6.07, 6.45) is 1.91. The van der Waals surface area contributed by atoms with Gasteiger partial charge in [-0.15, -0.1) is 13.2 Å². The van der Waals surface area contributed by atoms with Gasteiger partial charge in [0.05, 0.1) is 12.1 Å². The maximum absolute atomic E-state index is 12.6. The molecule has 0 saturated carbocycles. The van der Waals surface area contributed by atoms with E-state index in [4.69, 9.17) is 10.2 Å². The van der Waals surface area contributed by atoms with Crippen molar-refractivity contribution in [2.45, 2.75) is 50.5 Å². The summed E-state index contributed by atoms with van der Waals surface area (Å²) < 4.78 is 41.9. The Balaban J connectivity index is 1.30. The summed E-state index contributed by atoms with van der Waals surface area (Å²) in [5.41, 5.74) is 5.05. The minimum Gasteiger partial charge on any atom is -0.481 e. The molecule has 0 aromatic heterocycles. The minimum atomic E-state index is -4.77. The second-order valence-corrected chi connectivity index (χ2v) is 11.4. The molecule has 1 amide bonds. The number of thioether (sulfide) groups is 1. The first-order valence-corrected chi connectivity index (χ1v) is 15.0. The fourth-order valence-corrected chi connectivity index (χ4v) is 5.92. The molecular formula is C32H31F3N4O4S. The highest BCUT2D eigenvalue weighted by atomic mass is 32.2. The van der Waals surface area contributed by atoms with Crippen molar-refractivity contribution in [1.29, 1.82) is 0 Å². The van der Waals surface area contributed by atoms with E-state index in [9.17, 15) is 22.8 Å². The largest absolute Gasteiger partial charge is 0.573 e. The van der Waals surface area contributed by atoms with Crippen molar-refractivity contribution in [3.63, 3.8) is 0 Å². The van der Waals surface area contributed by atoms with E-state index in [1.165, 1.54) is 47.9 Å². The molecule has 3 N–H and O–H groups in total. The van der Waals surface area contributed by atoms with Crippen LogP contribution in [0.1, 0.15) is 59.2 Å². The molecule has 3 aromatic rings. The van der Waals surface area contributed by atoms with E-state index in [1.54, 1.807) is 24.3 Å². The summed E-state index contributed by atoms with van der Waals surface area (Å²) >= 11 is 1.43. The van der Waals surface area contributed by atoms with Crippen LogP contribution in [0.15, 0.2) is 84.0 Å². The average Bonchev–Trinajstić information content (AvgIpc) is 3.44. The van der Waals surface area contributed by atoms with Crippen molar-refractivity contribution in [3.8, 4) is 5.75 Å². The number of ether oxygens (including phenoxy) is 1. The molecule has 1 unspecified atom stereocenters. The van der Waals surface area contributed by atoms with Crippen LogP contribution >= 0.6 is 11.8 Å². The molecule has 12 heteroatoms. The van der Waals surface area contributed by atoms with E-state index in [1.807, 2.05) is 29.3 Å². The number of alkyl halides is 3. The maximum atomic E-state index is 12.6. The van der Waals surface area contributed by atoms with Crippen molar-refractivity contribution >= 4 is 39.9 Å². The number of benzene rings is 3. The molecule has 230 valence electrons. The second kappa shape index (κ2) is 14.0. The molecule has 1 aliphatic heterocycles. The molecular weight excluding hydrogens is 593 g/mol. The van der Waals surface area contributed by atoms with Crippen LogP contribution in [0.25, 0.3) is 5.57 Å². The highest BCUT2D eigenvalue weighted by Gasteiger charge is 2.32. The van der Waals surface area contributed by atoms with Gasteiger partial charge in [0, 0.05) is 24.2 Å². The Morgan fingerprint density at radius 2 is 1.68 bits per heavy atom. The van der Waals surface area contributed by atoms with E-state index in [0.29, 0.717) is 22.7 Å². The van der Waals surface area contributed by atoms with Gasteiger partial charge in [-0.25, -0.2) is 5.01 Å². The van der Waals surface area contributed by atoms with Crippen molar-refractivity contribution in [2.75, 3.05) is 11.6 Å². The number of nitrogens with one attached hydrogen (secondary N) is 2. The number of carboxylic acids is 1. The molecule has 1 heterocycles. The summed E-state index contributed by atoms with van der Waals surface area (Å²) in [7, 11) is 0. The van der Waals surface area contributed by atoms with Crippen molar-refractivity contribution in [2.24, 2.45) is 5.10 Å². The van der Waals surface area contributed by atoms with E-state index >= 15 is 0 Å². The van der Waals surface area contributed by atoms with E-state index < -0.39 is 12.3 Å². The summed E-state index contributed by atoms with van der Waals surface area (Å²) in [6.45, 7) is 0.492. The number of rotatable bonds is 11. The molecule has 8 nitrogen and oxygen atoms in total. The fourth-order valence-electron chi connectivity index (χ4n) is 4.87. The number of nitrogens with zero attached hydrogens (tertiary/aromatic N) is 2. The summed E-state index contributed by atoms with van der Waals surface area (Å²) in [6, 6.07) is 20.8. The standard InChI is InChI=1S/C32H31F3N4O4S/c33-32(34,35)43-27-16-12-25(13-17-27)30-38-39(26-14-10-23(11-15-26)22-4-2-1-3-5-22)31(44-30)37-20-21-6-8-24(9-7-21)29(42)36-19-18-28(40)41/h4,6-17,31,37H,1-3,5,18-20H2,(H,36,42)(H,40,41). The molecule has 44 heavy (non-hydrogen) atoms. The minimum absolute atomic E-state index is 0.0468. The molecule has 0 radical (unpaired) electrons. The Kier molecular flexibility index (Phi) is 9.91. The third kappa shape index (κ3) is 8.42. The maximum Gasteiger partial charge on any atom is 0.573 e. The number of hydrogen-bond acceptors (Lipinski definition) is 7. The number of allylic oxidation sites excluding steroid dienone is 2. The third-order valence-electron chi connectivity index (χ3n) is 7.09. The zero-order valence-electron chi connectivity index (χ0n) is 23.6. The Morgan fingerprint density at radius 1 is 0.977 bits per heavy atom. The Morgan fingerprint density at radius 3 is 2.32 bits per heavy atom. The van der Waals surface area contributed by atoms with Gasteiger partial charge in [-0.05, 0) is 90.9 Å². The van der Waals surface area contributed by atoms with E-state index in [2.05, 4.69) is 33.6 Å². The SMILES string of the molecule is O=C(O)CCNC(=O)c1ccc(CNC2SC(c3ccc(OC(F)(F)F)cc3)=NN2c2ccc(C3=CCCCC3)cc2)cc1. The van der Waals surface area contributed by atoms with Crippen LogP contribution < -0.4 is 20.4 Å². The molecule has 1 aliphatic carbocycles. The summed E-state index contributed by atoms with van der Waals surface area (Å²) in [5, 5.41) is 22.1. The van der Waals surface area contributed by atoms with Crippen LogP contribution in [0.3, 0.4) is 0 Å². The van der Waals surface area contributed by atoms with Crippen LogP contribution in [-0.4, -0.2) is 40.4 Å². The number of amides is 1. The number of hydrazone groups is 1.